The van der Waals surface area contributed by atoms with Gasteiger partial charge in [-0.15, -0.1) is 0 Å². The van der Waals surface area contributed by atoms with Gasteiger partial charge in [-0.2, -0.15) is 0 Å². The number of morpholine rings is 1. The first-order valence-electron chi connectivity index (χ1n) is 9.26. The summed E-state index contributed by atoms with van der Waals surface area (Å²) in [6.07, 6.45) is 7.57. The fraction of sp³-hybridized carbons (Fsp3) is 0.526. The van der Waals surface area contributed by atoms with Crippen LogP contribution in [0.3, 0.4) is 0 Å². The van der Waals surface area contributed by atoms with Gasteiger partial charge in [-0.1, -0.05) is 6.07 Å². The highest BCUT2D eigenvalue weighted by Gasteiger charge is 2.27. The number of anilines is 1. The van der Waals surface area contributed by atoms with E-state index in [-0.39, 0.29) is 6.04 Å². The quantitative estimate of drug-likeness (QED) is 0.880. The highest BCUT2D eigenvalue weighted by Crippen LogP contribution is 2.24. The lowest BCUT2D eigenvalue weighted by molar-refractivity contribution is -0.0159. The molecule has 1 N–H and O–H groups in total. The van der Waals surface area contributed by atoms with E-state index in [1.54, 1.807) is 6.20 Å². The number of aromatic nitrogens is 3. The fourth-order valence-corrected chi connectivity index (χ4v) is 3.46. The fourth-order valence-electron chi connectivity index (χ4n) is 3.46. The Bertz CT molecular complexity index is 693. The summed E-state index contributed by atoms with van der Waals surface area (Å²) in [6, 6.07) is 6.48. The molecule has 26 heavy (non-hydrogen) atoms. The zero-order valence-electron chi connectivity index (χ0n) is 14.9. The van der Waals surface area contributed by atoms with Gasteiger partial charge in [0.15, 0.2) is 0 Å². The Morgan fingerprint density at radius 2 is 2.04 bits per heavy atom. The van der Waals surface area contributed by atoms with Gasteiger partial charge < -0.3 is 14.8 Å². The summed E-state index contributed by atoms with van der Waals surface area (Å²) in [7, 11) is 0. The number of ether oxygens (including phenoxy) is 2. The van der Waals surface area contributed by atoms with Crippen molar-refractivity contribution in [1.82, 2.24) is 19.9 Å². The van der Waals surface area contributed by atoms with Crippen molar-refractivity contribution in [3.05, 3.63) is 48.2 Å². The molecule has 4 heterocycles. The van der Waals surface area contributed by atoms with Gasteiger partial charge in [0, 0.05) is 50.9 Å². The summed E-state index contributed by atoms with van der Waals surface area (Å²) in [5, 5.41) is 3.52. The molecule has 4 rings (SSSR count). The average molecular weight is 355 g/mol. The molecular formula is C19H25N5O2. The topological polar surface area (TPSA) is 72.4 Å². The molecule has 0 aromatic carbocycles. The number of rotatable bonds is 5. The van der Waals surface area contributed by atoms with Crippen molar-refractivity contribution in [1.29, 1.82) is 0 Å². The lowest BCUT2D eigenvalue weighted by Gasteiger charge is -2.34. The SMILES string of the molecule is c1cncc(CN2CCOC[C@H]2c2nccc(NC3CCOCC3)n2)c1. The van der Waals surface area contributed by atoms with Crippen molar-refractivity contribution in [3.63, 3.8) is 0 Å². The second-order valence-electron chi connectivity index (χ2n) is 6.75. The maximum Gasteiger partial charge on any atom is 0.150 e. The van der Waals surface area contributed by atoms with Gasteiger partial charge in [-0.05, 0) is 30.5 Å². The number of pyridine rings is 1. The number of nitrogens with one attached hydrogen (secondary N) is 1. The lowest BCUT2D eigenvalue weighted by Crippen LogP contribution is -2.40. The molecule has 0 bridgehead atoms. The second-order valence-corrected chi connectivity index (χ2v) is 6.75. The van der Waals surface area contributed by atoms with Gasteiger partial charge >= 0.3 is 0 Å². The Morgan fingerprint density at radius 1 is 1.12 bits per heavy atom. The summed E-state index contributed by atoms with van der Waals surface area (Å²) in [6.45, 7) is 4.65. The van der Waals surface area contributed by atoms with Crippen LogP contribution in [-0.4, -0.2) is 58.9 Å². The van der Waals surface area contributed by atoms with Crippen molar-refractivity contribution >= 4 is 5.82 Å². The number of hydrogen-bond donors (Lipinski definition) is 1. The number of nitrogens with zero attached hydrogens (tertiary/aromatic N) is 4. The lowest BCUT2D eigenvalue weighted by atomic mass is 10.1. The maximum atomic E-state index is 5.72. The predicted molar refractivity (Wildman–Crippen MR) is 97.7 cm³/mol. The van der Waals surface area contributed by atoms with Crippen molar-refractivity contribution < 1.29 is 9.47 Å². The molecule has 2 aliphatic heterocycles. The molecule has 1 atom stereocenters. The van der Waals surface area contributed by atoms with Crippen LogP contribution in [0.1, 0.15) is 30.3 Å². The molecular weight excluding hydrogens is 330 g/mol. The minimum absolute atomic E-state index is 0.0559. The molecule has 2 aromatic heterocycles. The number of hydrogen-bond acceptors (Lipinski definition) is 7. The molecule has 138 valence electrons. The zero-order chi connectivity index (χ0) is 17.6. The molecule has 0 unspecified atom stereocenters. The van der Waals surface area contributed by atoms with Crippen molar-refractivity contribution in [2.75, 3.05) is 38.3 Å². The van der Waals surface area contributed by atoms with E-state index in [1.807, 2.05) is 24.5 Å². The van der Waals surface area contributed by atoms with Crippen LogP contribution in [0.5, 0.6) is 0 Å². The van der Waals surface area contributed by atoms with E-state index < -0.39 is 0 Å². The summed E-state index contributed by atoms with van der Waals surface area (Å²) in [5.74, 6) is 1.69. The third-order valence-corrected chi connectivity index (χ3v) is 4.89. The first kappa shape index (κ1) is 17.3. The summed E-state index contributed by atoms with van der Waals surface area (Å²) in [4.78, 5) is 15.9. The first-order valence-corrected chi connectivity index (χ1v) is 9.26. The molecule has 7 heteroatoms. The molecule has 0 saturated carbocycles. The van der Waals surface area contributed by atoms with Gasteiger partial charge in [0.25, 0.3) is 0 Å². The van der Waals surface area contributed by atoms with Crippen LogP contribution in [0.25, 0.3) is 0 Å². The molecule has 0 aliphatic carbocycles. The zero-order valence-corrected chi connectivity index (χ0v) is 14.9. The van der Waals surface area contributed by atoms with Crippen molar-refractivity contribution in [3.8, 4) is 0 Å². The van der Waals surface area contributed by atoms with E-state index in [0.29, 0.717) is 12.6 Å². The van der Waals surface area contributed by atoms with Crippen LogP contribution in [0, 0.1) is 0 Å². The van der Waals surface area contributed by atoms with Gasteiger partial charge in [-0.25, -0.2) is 9.97 Å². The third kappa shape index (κ3) is 4.35. The smallest absolute Gasteiger partial charge is 0.150 e. The largest absolute Gasteiger partial charge is 0.381 e. The Kier molecular flexibility index (Phi) is 5.68. The van der Waals surface area contributed by atoms with Gasteiger partial charge in [-0.3, -0.25) is 9.88 Å². The summed E-state index contributed by atoms with van der Waals surface area (Å²) in [5.41, 5.74) is 1.19. The monoisotopic (exact) mass is 355 g/mol. The van der Waals surface area contributed by atoms with E-state index >= 15 is 0 Å². The van der Waals surface area contributed by atoms with Crippen molar-refractivity contribution in [2.24, 2.45) is 0 Å². The Hall–Kier alpha value is -2.09. The van der Waals surface area contributed by atoms with Crippen LogP contribution >= 0.6 is 0 Å². The normalized spacial score (nSPS) is 22.2. The predicted octanol–water partition coefficient (Wildman–Crippen LogP) is 2.04. The van der Waals surface area contributed by atoms with Gasteiger partial charge in [0.2, 0.25) is 0 Å². The van der Waals surface area contributed by atoms with Crippen LogP contribution in [0.4, 0.5) is 5.82 Å². The Morgan fingerprint density at radius 3 is 2.88 bits per heavy atom. The highest BCUT2D eigenvalue weighted by molar-refractivity contribution is 5.35. The van der Waals surface area contributed by atoms with Gasteiger partial charge in [0.1, 0.15) is 11.6 Å². The van der Waals surface area contributed by atoms with Crippen LogP contribution in [-0.2, 0) is 16.0 Å². The minimum Gasteiger partial charge on any atom is -0.381 e. The van der Waals surface area contributed by atoms with Crippen LogP contribution in [0.15, 0.2) is 36.8 Å². The van der Waals surface area contributed by atoms with Crippen LogP contribution < -0.4 is 5.32 Å². The van der Waals surface area contributed by atoms with Crippen molar-refractivity contribution in [2.45, 2.75) is 31.5 Å². The standard InChI is InChI=1S/C19H25N5O2/c1-2-15(12-20-6-1)13-24-8-11-26-14-17(24)19-21-7-3-18(23-19)22-16-4-9-25-10-5-16/h1-3,6-7,12,16-17H,4-5,8-11,13-14H2,(H,21,22,23)/t17-/m0/s1. The van der Waals surface area contributed by atoms with Crippen LogP contribution in [0.2, 0.25) is 0 Å². The molecule has 2 saturated heterocycles. The van der Waals surface area contributed by atoms with E-state index in [4.69, 9.17) is 14.5 Å². The van der Waals surface area contributed by atoms with E-state index in [2.05, 4.69) is 26.3 Å². The van der Waals surface area contributed by atoms with E-state index in [1.165, 1.54) is 5.56 Å². The molecule has 0 radical (unpaired) electrons. The summed E-state index contributed by atoms with van der Waals surface area (Å²) >= 11 is 0. The molecule has 2 aliphatic rings. The minimum atomic E-state index is 0.0559. The summed E-state index contributed by atoms with van der Waals surface area (Å²) < 4.78 is 11.1. The average Bonchev–Trinajstić information content (AvgIpc) is 2.70. The molecule has 0 spiro atoms. The molecule has 2 aromatic rings. The highest BCUT2D eigenvalue weighted by atomic mass is 16.5. The third-order valence-electron chi connectivity index (χ3n) is 4.89. The molecule has 7 nitrogen and oxygen atoms in total. The molecule has 0 amide bonds. The van der Waals surface area contributed by atoms with Gasteiger partial charge in [0.05, 0.1) is 19.3 Å². The first-order chi connectivity index (χ1) is 12.9. The Labute approximate surface area is 153 Å². The molecule has 2 fully saturated rings. The maximum absolute atomic E-state index is 5.72. The van der Waals surface area contributed by atoms with E-state index in [9.17, 15) is 0 Å². The second kappa shape index (κ2) is 8.53. The van der Waals surface area contributed by atoms with E-state index in [0.717, 1.165) is 57.4 Å². The Balaban J connectivity index is 1.47.